The monoisotopic (exact) mass is 429 g/mol. The van der Waals surface area contributed by atoms with Gasteiger partial charge in [-0.25, -0.2) is 0 Å². The molecule has 1 amide bonds. The predicted molar refractivity (Wildman–Crippen MR) is 127 cm³/mol. The molecule has 31 heavy (non-hydrogen) atoms. The molecule has 4 aliphatic carbocycles. The number of carbonyl (C=O) groups is 1. The van der Waals surface area contributed by atoms with Gasteiger partial charge in [0, 0.05) is 6.54 Å². The molecule has 4 rings (SSSR count). The molecule has 9 atom stereocenters. The number of amides is 1. The van der Waals surface area contributed by atoms with Gasteiger partial charge in [0.2, 0.25) is 5.91 Å². The first-order chi connectivity index (χ1) is 14.8. The zero-order valence-corrected chi connectivity index (χ0v) is 20.5. The number of allylic oxidation sites excluding steroid dienone is 1. The van der Waals surface area contributed by atoms with Crippen molar-refractivity contribution in [3.63, 3.8) is 0 Å². The number of hydrogen-bond donors (Lipinski definition) is 2. The molecule has 0 aromatic rings. The van der Waals surface area contributed by atoms with Crippen molar-refractivity contribution in [3.05, 3.63) is 12.2 Å². The smallest absolute Gasteiger partial charge is 0.243 e. The molecule has 3 nitrogen and oxygen atoms in total. The highest BCUT2D eigenvalue weighted by molar-refractivity contribution is 5.87. The quantitative estimate of drug-likeness (QED) is 0.500. The Morgan fingerprint density at radius 2 is 1.81 bits per heavy atom. The summed E-state index contributed by atoms with van der Waals surface area (Å²) in [7, 11) is 0. The van der Waals surface area contributed by atoms with Gasteiger partial charge in [-0.15, -0.1) is 0 Å². The van der Waals surface area contributed by atoms with E-state index in [0.717, 1.165) is 54.8 Å². The summed E-state index contributed by atoms with van der Waals surface area (Å²) < 4.78 is 0. The molecule has 4 fully saturated rings. The summed E-state index contributed by atoms with van der Waals surface area (Å²) >= 11 is 0. The lowest BCUT2D eigenvalue weighted by Gasteiger charge is -2.61. The van der Waals surface area contributed by atoms with Crippen LogP contribution < -0.4 is 5.32 Å². The molecule has 2 N–H and O–H groups in total. The van der Waals surface area contributed by atoms with Crippen LogP contribution in [0, 0.1) is 46.3 Å². The lowest BCUT2D eigenvalue weighted by molar-refractivity contribution is -0.129. The molecule has 0 bridgehead atoms. The zero-order chi connectivity index (χ0) is 22.2. The second-order valence-electron chi connectivity index (χ2n) is 12.2. The van der Waals surface area contributed by atoms with E-state index >= 15 is 0 Å². The van der Waals surface area contributed by atoms with Crippen LogP contribution in [-0.4, -0.2) is 23.7 Å². The number of nitrogens with one attached hydrogen (secondary N) is 1. The van der Waals surface area contributed by atoms with Crippen molar-refractivity contribution in [2.24, 2.45) is 46.3 Å². The van der Waals surface area contributed by atoms with Gasteiger partial charge < -0.3 is 10.4 Å². The van der Waals surface area contributed by atoms with E-state index in [4.69, 9.17) is 0 Å². The predicted octanol–water partition coefficient (Wildman–Crippen LogP) is 6.11. The van der Waals surface area contributed by atoms with Crippen molar-refractivity contribution in [2.75, 3.05) is 6.54 Å². The van der Waals surface area contributed by atoms with Crippen LogP contribution in [0.25, 0.3) is 0 Å². The van der Waals surface area contributed by atoms with Crippen molar-refractivity contribution < 1.29 is 9.90 Å². The summed E-state index contributed by atoms with van der Waals surface area (Å²) in [6, 6.07) is 0. The maximum atomic E-state index is 11.6. The number of carbonyl (C=O) groups excluding carboxylic acids is 1. The average molecular weight is 430 g/mol. The van der Waals surface area contributed by atoms with Gasteiger partial charge in [0.1, 0.15) is 0 Å². The van der Waals surface area contributed by atoms with Gasteiger partial charge in [0.25, 0.3) is 0 Å². The summed E-state index contributed by atoms with van der Waals surface area (Å²) in [5.41, 5.74) is 0.998. The SMILES string of the molecule is CCNC(=O)C=CCC[C@@H](C)[C@H]1CC[C@H]2[C@@H]3CC[C@@H]4C[C@H](O)CC[C@]4(C)[C@H]3CC[C@]12C. The Hall–Kier alpha value is -0.830. The second-order valence-corrected chi connectivity index (χ2v) is 12.2. The Labute approximate surface area is 190 Å². The first-order valence-electron chi connectivity index (χ1n) is 13.4. The first-order valence-corrected chi connectivity index (χ1v) is 13.4. The number of aliphatic hydroxyl groups excluding tert-OH is 1. The van der Waals surface area contributed by atoms with E-state index in [9.17, 15) is 9.90 Å². The fourth-order valence-electron chi connectivity index (χ4n) is 9.19. The molecule has 0 saturated heterocycles. The van der Waals surface area contributed by atoms with Crippen molar-refractivity contribution in [1.29, 1.82) is 0 Å². The fraction of sp³-hybridized carbons (Fsp3) is 0.893. The zero-order valence-electron chi connectivity index (χ0n) is 20.5. The summed E-state index contributed by atoms with van der Waals surface area (Å²) in [6.45, 7) is 10.4. The Morgan fingerprint density at radius 1 is 1.06 bits per heavy atom. The largest absolute Gasteiger partial charge is 0.393 e. The highest BCUT2D eigenvalue weighted by Gasteiger charge is 2.60. The van der Waals surface area contributed by atoms with Gasteiger partial charge in [-0.2, -0.15) is 0 Å². The third-order valence-electron chi connectivity index (χ3n) is 10.8. The van der Waals surface area contributed by atoms with Crippen LogP contribution in [0.2, 0.25) is 0 Å². The van der Waals surface area contributed by atoms with Gasteiger partial charge >= 0.3 is 0 Å². The molecule has 0 aromatic heterocycles. The first kappa shape index (κ1) is 23.3. The Kier molecular flexibility index (Phi) is 6.92. The minimum absolute atomic E-state index is 0.0395. The van der Waals surface area contributed by atoms with E-state index in [2.05, 4.69) is 32.2 Å². The van der Waals surface area contributed by atoms with E-state index in [1.54, 1.807) is 6.08 Å². The molecule has 0 unspecified atom stereocenters. The Balaban J connectivity index is 1.39. The molecule has 0 radical (unpaired) electrons. The van der Waals surface area contributed by atoms with Gasteiger partial charge in [0.05, 0.1) is 6.10 Å². The lowest BCUT2D eigenvalue weighted by atomic mass is 9.44. The molecule has 0 spiro atoms. The minimum atomic E-state index is -0.0395. The molecular weight excluding hydrogens is 382 g/mol. The summed E-state index contributed by atoms with van der Waals surface area (Å²) in [5.74, 6) is 5.11. The van der Waals surface area contributed by atoms with Crippen LogP contribution in [-0.2, 0) is 4.79 Å². The molecule has 0 aliphatic heterocycles. The summed E-state index contributed by atoms with van der Waals surface area (Å²) in [4.78, 5) is 11.6. The maximum absolute atomic E-state index is 11.6. The van der Waals surface area contributed by atoms with Gasteiger partial charge in [-0.3, -0.25) is 4.79 Å². The third kappa shape index (κ3) is 4.25. The van der Waals surface area contributed by atoms with Crippen LogP contribution >= 0.6 is 0 Å². The topological polar surface area (TPSA) is 49.3 Å². The van der Waals surface area contributed by atoms with Crippen molar-refractivity contribution in [1.82, 2.24) is 5.32 Å². The average Bonchev–Trinajstić information content (AvgIpc) is 3.09. The molecule has 0 heterocycles. The third-order valence-corrected chi connectivity index (χ3v) is 10.8. The van der Waals surface area contributed by atoms with Crippen LogP contribution in [0.1, 0.15) is 98.3 Å². The lowest BCUT2D eigenvalue weighted by Crippen LogP contribution is -2.54. The number of rotatable bonds is 6. The number of fused-ring (bicyclic) bond motifs is 5. The molecule has 4 aliphatic rings. The maximum Gasteiger partial charge on any atom is 0.243 e. The van der Waals surface area contributed by atoms with Gasteiger partial charge in [-0.1, -0.05) is 26.8 Å². The van der Waals surface area contributed by atoms with Crippen LogP contribution in [0.15, 0.2) is 12.2 Å². The summed E-state index contributed by atoms with van der Waals surface area (Å²) in [5, 5.41) is 13.1. The van der Waals surface area contributed by atoms with Crippen molar-refractivity contribution in [3.8, 4) is 0 Å². The van der Waals surface area contributed by atoms with Gasteiger partial charge in [0.15, 0.2) is 0 Å². The molecule has 3 heteroatoms. The molecule has 0 aromatic carbocycles. The van der Waals surface area contributed by atoms with Crippen LogP contribution in [0.3, 0.4) is 0 Å². The molecule has 4 saturated carbocycles. The number of hydrogen-bond acceptors (Lipinski definition) is 2. The standard InChI is InChI=1S/C28H47NO2/c1-5-29-26(31)9-7-6-8-19(2)23-12-13-24-22-11-10-20-18-21(30)14-16-27(20,3)25(22)15-17-28(23,24)4/h7,9,19-25,30H,5-6,8,10-18H2,1-4H3,(H,29,31)/t19-,20-,21-,22+,23-,24+,25+,27+,28-/m1/s1. The highest BCUT2D eigenvalue weighted by atomic mass is 16.3. The van der Waals surface area contributed by atoms with Crippen LogP contribution in [0.5, 0.6) is 0 Å². The van der Waals surface area contributed by atoms with Gasteiger partial charge in [-0.05, 0) is 130 Å². The van der Waals surface area contributed by atoms with E-state index in [0.29, 0.717) is 17.4 Å². The molecular formula is C28H47NO2. The van der Waals surface area contributed by atoms with E-state index in [-0.39, 0.29) is 12.0 Å². The highest BCUT2D eigenvalue weighted by Crippen LogP contribution is 2.68. The number of likely N-dealkylation sites (N-methyl/N-ethyl adjacent to an activating group) is 1. The normalized spacial score (nSPS) is 45.6. The van der Waals surface area contributed by atoms with Crippen molar-refractivity contribution >= 4 is 5.91 Å². The second kappa shape index (κ2) is 9.20. The Morgan fingerprint density at radius 3 is 2.58 bits per heavy atom. The van der Waals surface area contributed by atoms with E-state index < -0.39 is 0 Å². The fourth-order valence-corrected chi connectivity index (χ4v) is 9.19. The summed E-state index contributed by atoms with van der Waals surface area (Å²) in [6.07, 6.45) is 17.8. The molecule has 176 valence electrons. The van der Waals surface area contributed by atoms with E-state index in [1.165, 1.54) is 51.4 Å². The Bertz CT molecular complexity index is 674. The minimum Gasteiger partial charge on any atom is -0.393 e. The van der Waals surface area contributed by atoms with Crippen molar-refractivity contribution in [2.45, 2.75) is 104 Å². The number of aliphatic hydroxyl groups is 1. The van der Waals surface area contributed by atoms with Crippen LogP contribution in [0.4, 0.5) is 0 Å². The van der Waals surface area contributed by atoms with E-state index in [1.807, 2.05) is 6.92 Å².